The van der Waals surface area contributed by atoms with Crippen LogP contribution in [-0.4, -0.2) is 39.8 Å². The fourth-order valence-corrected chi connectivity index (χ4v) is 4.43. The Morgan fingerprint density at radius 2 is 1.82 bits per heavy atom. The van der Waals surface area contributed by atoms with E-state index in [0.29, 0.717) is 34.6 Å². The average Bonchev–Trinajstić information content (AvgIpc) is 3.32. The van der Waals surface area contributed by atoms with Gasteiger partial charge in [-0.15, -0.1) is 5.10 Å². The molecule has 0 saturated heterocycles. The minimum atomic E-state index is -0.615. The number of amides is 1. The van der Waals surface area contributed by atoms with Crippen LogP contribution >= 0.6 is 11.8 Å². The van der Waals surface area contributed by atoms with Crippen LogP contribution in [0.5, 0.6) is 11.5 Å². The lowest BCUT2D eigenvalue weighted by atomic mass is 10.1. The van der Waals surface area contributed by atoms with E-state index in [1.54, 1.807) is 11.8 Å². The molecular weight excluding hydrogens is 450 g/mol. The first-order chi connectivity index (χ1) is 16.6. The number of aromatic nitrogens is 4. The molecule has 8 nitrogen and oxygen atoms in total. The van der Waals surface area contributed by atoms with Crippen LogP contribution < -0.4 is 14.8 Å². The Kier molecular flexibility index (Phi) is 7.44. The van der Waals surface area contributed by atoms with Gasteiger partial charge in [-0.3, -0.25) is 4.79 Å². The molecule has 0 aliphatic heterocycles. The number of tetrazole rings is 1. The van der Waals surface area contributed by atoms with Crippen molar-refractivity contribution >= 4 is 23.4 Å². The Labute approximate surface area is 202 Å². The second-order valence-electron chi connectivity index (χ2n) is 7.38. The van der Waals surface area contributed by atoms with Gasteiger partial charge in [-0.1, -0.05) is 60.3 Å². The van der Waals surface area contributed by atoms with Crippen LogP contribution in [0.2, 0.25) is 0 Å². The number of rotatable bonds is 9. The fourth-order valence-electron chi connectivity index (χ4n) is 3.44. The van der Waals surface area contributed by atoms with Crippen LogP contribution in [0, 0.1) is 6.92 Å². The summed E-state index contributed by atoms with van der Waals surface area (Å²) in [5, 5.41) is 15.1. The molecule has 4 rings (SSSR count). The van der Waals surface area contributed by atoms with Gasteiger partial charge in [-0.2, -0.15) is 4.68 Å². The number of ether oxygens (including phenoxy) is 2. The molecule has 0 spiro atoms. The van der Waals surface area contributed by atoms with E-state index >= 15 is 0 Å². The maximum Gasteiger partial charge on any atom is 0.242 e. The van der Waals surface area contributed by atoms with Crippen molar-refractivity contribution in [1.82, 2.24) is 20.2 Å². The van der Waals surface area contributed by atoms with Crippen LogP contribution in [0.4, 0.5) is 5.69 Å². The summed E-state index contributed by atoms with van der Waals surface area (Å²) in [7, 11) is 1.58. The number of anilines is 1. The second kappa shape index (κ2) is 10.8. The van der Waals surface area contributed by atoms with Gasteiger partial charge in [0.05, 0.1) is 19.4 Å². The highest BCUT2D eigenvalue weighted by molar-refractivity contribution is 8.00. The first-order valence-corrected chi connectivity index (χ1v) is 11.7. The number of aryl methyl sites for hydroxylation is 1. The van der Waals surface area contributed by atoms with Crippen molar-refractivity contribution in [2.24, 2.45) is 0 Å². The van der Waals surface area contributed by atoms with Gasteiger partial charge in [0.1, 0.15) is 22.4 Å². The molecule has 1 aromatic heterocycles. The molecule has 174 valence electrons. The van der Waals surface area contributed by atoms with Crippen LogP contribution in [0.25, 0.3) is 5.69 Å². The van der Waals surface area contributed by atoms with E-state index in [1.807, 2.05) is 86.6 Å². The predicted octanol–water partition coefficient (Wildman–Crippen LogP) is 4.85. The van der Waals surface area contributed by atoms with Crippen LogP contribution in [0.15, 0.2) is 78.0 Å². The highest BCUT2D eigenvalue weighted by Crippen LogP contribution is 2.37. The van der Waals surface area contributed by atoms with E-state index in [-0.39, 0.29) is 5.91 Å². The molecule has 1 heterocycles. The Hall–Kier alpha value is -3.85. The molecule has 1 atom stereocenters. The summed E-state index contributed by atoms with van der Waals surface area (Å²) in [6.07, 6.45) is 0. The van der Waals surface area contributed by atoms with Crippen molar-refractivity contribution in [2.45, 2.75) is 24.3 Å². The number of nitrogens with one attached hydrogen (secondary N) is 1. The van der Waals surface area contributed by atoms with Crippen molar-refractivity contribution in [3.63, 3.8) is 0 Å². The van der Waals surface area contributed by atoms with Crippen LogP contribution in [0.1, 0.15) is 23.3 Å². The molecule has 1 N–H and O–H groups in total. The van der Waals surface area contributed by atoms with Crippen molar-refractivity contribution in [1.29, 1.82) is 0 Å². The van der Waals surface area contributed by atoms with E-state index in [0.717, 1.165) is 11.1 Å². The normalized spacial score (nSPS) is 11.6. The molecule has 1 unspecified atom stereocenters. The molecule has 0 aliphatic carbocycles. The minimum Gasteiger partial charge on any atom is -0.495 e. The van der Waals surface area contributed by atoms with E-state index in [2.05, 4.69) is 20.8 Å². The summed E-state index contributed by atoms with van der Waals surface area (Å²) in [6, 6.07) is 22.7. The van der Waals surface area contributed by atoms with E-state index in [1.165, 1.54) is 11.8 Å². The molecule has 34 heavy (non-hydrogen) atoms. The minimum absolute atomic E-state index is 0.215. The van der Waals surface area contributed by atoms with Crippen LogP contribution in [-0.2, 0) is 4.79 Å². The smallest absolute Gasteiger partial charge is 0.242 e. The van der Waals surface area contributed by atoms with E-state index in [4.69, 9.17) is 9.47 Å². The molecular formula is C25H25N5O3S. The van der Waals surface area contributed by atoms with Crippen molar-refractivity contribution in [2.75, 3.05) is 19.0 Å². The van der Waals surface area contributed by atoms with Crippen molar-refractivity contribution < 1.29 is 14.3 Å². The predicted molar refractivity (Wildman–Crippen MR) is 132 cm³/mol. The molecule has 0 bridgehead atoms. The lowest BCUT2D eigenvalue weighted by molar-refractivity contribution is -0.115. The lowest BCUT2D eigenvalue weighted by Crippen LogP contribution is -2.20. The monoisotopic (exact) mass is 475 g/mol. The number of thioether (sulfide) groups is 1. The zero-order valence-corrected chi connectivity index (χ0v) is 20.0. The van der Waals surface area contributed by atoms with Gasteiger partial charge >= 0.3 is 0 Å². The molecule has 3 aromatic carbocycles. The summed E-state index contributed by atoms with van der Waals surface area (Å²) in [5.41, 5.74) is 3.14. The summed E-state index contributed by atoms with van der Waals surface area (Å²) in [4.78, 5) is 13.5. The van der Waals surface area contributed by atoms with Gasteiger partial charge in [-0.25, -0.2) is 0 Å². The van der Waals surface area contributed by atoms with Gasteiger partial charge < -0.3 is 14.8 Å². The van der Waals surface area contributed by atoms with Gasteiger partial charge in [0.15, 0.2) is 0 Å². The van der Waals surface area contributed by atoms with Crippen molar-refractivity contribution in [3.05, 3.63) is 83.9 Å². The molecule has 0 aliphatic rings. The van der Waals surface area contributed by atoms with Gasteiger partial charge in [0, 0.05) is 0 Å². The average molecular weight is 476 g/mol. The Balaban J connectivity index is 1.68. The third-order valence-corrected chi connectivity index (χ3v) is 6.20. The van der Waals surface area contributed by atoms with Gasteiger partial charge in [0.25, 0.3) is 0 Å². The third-order valence-electron chi connectivity index (χ3n) is 5.01. The van der Waals surface area contributed by atoms with E-state index in [9.17, 15) is 4.79 Å². The molecule has 0 saturated carbocycles. The number of carbonyl (C=O) groups is 1. The largest absolute Gasteiger partial charge is 0.495 e. The standard InChI is InChI=1S/C25H25N5O3S/c1-4-33-22-13-9-8-12-20(22)30-25(27-28-29-30)34-23(18-10-6-5-7-11-18)24(31)26-19-16-17(2)14-15-21(19)32-3/h5-16,23H,4H2,1-3H3,(H,26,31). The number of hydrogen-bond acceptors (Lipinski definition) is 7. The summed E-state index contributed by atoms with van der Waals surface area (Å²) in [6.45, 7) is 4.39. The number of nitrogens with zero attached hydrogens (tertiary/aromatic N) is 4. The summed E-state index contributed by atoms with van der Waals surface area (Å²) < 4.78 is 12.8. The lowest BCUT2D eigenvalue weighted by Gasteiger charge is -2.18. The molecule has 9 heteroatoms. The van der Waals surface area contributed by atoms with Gasteiger partial charge in [-0.05, 0) is 59.7 Å². The zero-order valence-electron chi connectivity index (χ0n) is 19.1. The van der Waals surface area contributed by atoms with Crippen molar-refractivity contribution in [3.8, 4) is 17.2 Å². The second-order valence-corrected chi connectivity index (χ2v) is 8.45. The first kappa shape index (κ1) is 23.3. The van der Waals surface area contributed by atoms with Gasteiger partial charge in [0.2, 0.25) is 11.1 Å². The molecule has 0 radical (unpaired) electrons. The maximum atomic E-state index is 13.5. The topological polar surface area (TPSA) is 91.2 Å². The summed E-state index contributed by atoms with van der Waals surface area (Å²) in [5.74, 6) is 1.03. The molecule has 1 amide bonds. The van der Waals surface area contributed by atoms with E-state index < -0.39 is 5.25 Å². The van der Waals surface area contributed by atoms with Crippen LogP contribution in [0.3, 0.4) is 0 Å². The number of methoxy groups -OCH3 is 1. The Bertz CT molecular complexity index is 1260. The zero-order chi connectivity index (χ0) is 23.9. The Morgan fingerprint density at radius 3 is 2.59 bits per heavy atom. The summed E-state index contributed by atoms with van der Waals surface area (Å²) >= 11 is 1.26. The fraction of sp³-hybridized carbons (Fsp3) is 0.200. The number of hydrogen-bond donors (Lipinski definition) is 1. The molecule has 4 aromatic rings. The highest BCUT2D eigenvalue weighted by Gasteiger charge is 2.27. The number of carbonyl (C=O) groups excluding carboxylic acids is 1. The third kappa shape index (κ3) is 5.20. The number of para-hydroxylation sites is 2. The first-order valence-electron chi connectivity index (χ1n) is 10.8. The molecule has 0 fully saturated rings. The SMILES string of the molecule is CCOc1ccccc1-n1nnnc1SC(C(=O)Nc1cc(C)ccc1OC)c1ccccc1. The highest BCUT2D eigenvalue weighted by atomic mass is 32.2. The number of benzene rings is 3. The maximum absolute atomic E-state index is 13.5. The Morgan fingerprint density at radius 1 is 1.06 bits per heavy atom. The quantitative estimate of drug-likeness (QED) is 0.346.